The van der Waals surface area contributed by atoms with E-state index in [4.69, 9.17) is 11.5 Å². The number of nitrogens with two attached hydrogens (primary N) is 2. The van der Waals surface area contributed by atoms with Crippen LogP contribution in [0.4, 0.5) is 18.9 Å². The van der Waals surface area contributed by atoms with Gasteiger partial charge in [-0.3, -0.25) is 4.98 Å². The summed E-state index contributed by atoms with van der Waals surface area (Å²) in [7, 11) is 0. The molecule has 0 bridgehead atoms. The average molecular weight is 435 g/mol. The first-order chi connectivity index (χ1) is 14.7. The van der Waals surface area contributed by atoms with E-state index in [2.05, 4.69) is 15.2 Å². The van der Waals surface area contributed by atoms with E-state index in [0.717, 1.165) is 37.7 Å². The first kappa shape index (κ1) is 22.7. The Morgan fingerprint density at radius 3 is 2.65 bits per heavy atom. The molecule has 0 amide bonds. The van der Waals surface area contributed by atoms with Crippen molar-refractivity contribution >= 4 is 17.7 Å². The topological polar surface area (TPSA) is 100 Å². The van der Waals surface area contributed by atoms with Gasteiger partial charge in [-0.15, -0.1) is 0 Å². The van der Waals surface area contributed by atoms with Crippen LogP contribution >= 0.6 is 0 Å². The summed E-state index contributed by atoms with van der Waals surface area (Å²) >= 11 is 0. The molecule has 0 spiro atoms. The number of nitrogens with zero attached hydrogens (tertiary/aromatic N) is 2. The predicted octanol–water partition coefficient (Wildman–Crippen LogP) is 1.13. The van der Waals surface area contributed by atoms with Gasteiger partial charge in [-0.1, -0.05) is 12.1 Å². The van der Waals surface area contributed by atoms with Gasteiger partial charge in [0, 0.05) is 37.7 Å². The van der Waals surface area contributed by atoms with E-state index in [0.29, 0.717) is 22.0 Å². The van der Waals surface area contributed by atoms with E-state index in [1.54, 1.807) is 12.3 Å². The van der Waals surface area contributed by atoms with E-state index in [-0.39, 0.29) is 24.5 Å². The average Bonchev–Trinajstić information content (AvgIpc) is 2.77. The van der Waals surface area contributed by atoms with Gasteiger partial charge in [-0.2, -0.15) is 13.2 Å². The molecule has 2 heterocycles. The second-order valence-electron chi connectivity index (χ2n) is 7.76. The molecule has 1 fully saturated rings. The lowest BCUT2D eigenvalue weighted by atomic mass is 9.97. The molecule has 3 rings (SSSR count). The Labute approximate surface area is 179 Å². The van der Waals surface area contributed by atoms with Gasteiger partial charge < -0.3 is 26.8 Å². The number of aliphatic hydroxyl groups is 1. The predicted molar refractivity (Wildman–Crippen MR) is 115 cm³/mol. The Hall–Kier alpha value is -2.94. The Morgan fingerprint density at radius 2 is 2.03 bits per heavy atom. The van der Waals surface area contributed by atoms with Crippen LogP contribution in [0.15, 0.2) is 30.5 Å². The maximum Gasteiger partial charge on any atom is 0.416 e. The van der Waals surface area contributed by atoms with Crippen molar-refractivity contribution in [1.29, 1.82) is 0 Å². The van der Waals surface area contributed by atoms with Gasteiger partial charge in [0.1, 0.15) is 5.82 Å². The molecule has 9 heteroatoms. The number of hydrogen-bond donors (Lipinski definition) is 4. The molecule has 0 atom stereocenters. The van der Waals surface area contributed by atoms with Crippen molar-refractivity contribution in [3.8, 4) is 0 Å². The van der Waals surface area contributed by atoms with Gasteiger partial charge in [-0.05, 0) is 48.9 Å². The van der Waals surface area contributed by atoms with Crippen LogP contribution in [0.2, 0.25) is 0 Å². The molecule has 0 unspecified atom stereocenters. The monoisotopic (exact) mass is 435 g/mol. The van der Waals surface area contributed by atoms with Crippen LogP contribution < -0.4 is 32.3 Å². The maximum atomic E-state index is 13.2. The van der Waals surface area contributed by atoms with Gasteiger partial charge >= 0.3 is 6.18 Å². The highest BCUT2D eigenvalue weighted by atomic mass is 19.4. The summed E-state index contributed by atoms with van der Waals surface area (Å²) in [6.45, 7) is 3.38. The van der Waals surface area contributed by atoms with Gasteiger partial charge in [0.05, 0.1) is 22.8 Å². The van der Waals surface area contributed by atoms with Crippen molar-refractivity contribution in [2.45, 2.75) is 32.5 Å². The number of aromatic nitrogens is 1. The van der Waals surface area contributed by atoms with Crippen molar-refractivity contribution in [3.05, 3.63) is 57.7 Å². The van der Waals surface area contributed by atoms with Crippen LogP contribution in [0.25, 0.3) is 12.0 Å². The minimum absolute atomic E-state index is 0.137. The van der Waals surface area contributed by atoms with Gasteiger partial charge in [0.25, 0.3) is 0 Å². The number of halogens is 3. The van der Waals surface area contributed by atoms with Crippen LogP contribution in [-0.4, -0.2) is 29.8 Å². The summed E-state index contributed by atoms with van der Waals surface area (Å²) in [5, 5.41) is 13.4. The van der Waals surface area contributed by atoms with E-state index in [9.17, 15) is 18.3 Å². The summed E-state index contributed by atoms with van der Waals surface area (Å²) in [5.74, 6) is 0.599. The van der Waals surface area contributed by atoms with E-state index < -0.39 is 11.7 Å². The molecule has 6 nitrogen and oxygen atoms in total. The zero-order valence-corrected chi connectivity index (χ0v) is 17.4. The number of pyridine rings is 1. The number of aliphatic hydroxyl groups excluding tert-OH is 1. The molecule has 1 aromatic heterocycles. The minimum atomic E-state index is -4.40. The molecule has 0 aliphatic carbocycles. The molecule has 0 radical (unpaired) electrons. The zero-order valence-electron chi connectivity index (χ0n) is 17.4. The van der Waals surface area contributed by atoms with E-state index in [1.165, 1.54) is 19.2 Å². The highest BCUT2D eigenvalue weighted by Gasteiger charge is 2.32. The van der Waals surface area contributed by atoms with Crippen molar-refractivity contribution in [1.82, 2.24) is 10.3 Å². The quantitative estimate of drug-likeness (QED) is 0.562. The molecule has 168 valence electrons. The molecule has 6 N–H and O–H groups in total. The van der Waals surface area contributed by atoms with Gasteiger partial charge in [0.2, 0.25) is 0 Å². The summed E-state index contributed by atoms with van der Waals surface area (Å²) in [6.07, 6.45) is 0.456. The van der Waals surface area contributed by atoms with Gasteiger partial charge in [-0.25, -0.2) is 0 Å². The molecular formula is C22H28F3N5O. The number of anilines is 1. The minimum Gasteiger partial charge on any atom is -0.403 e. The molecule has 1 saturated heterocycles. The molecule has 1 aliphatic heterocycles. The van der Waals surface area contributed by atoms with Crippen LogP contribution in [0.1, 0.15) is 29.5 Å². The third kappa shape index (κ3) is 5.22. The summed E-state index contributed by atoms with van der Waals surface area (Å²) < 4.78 is 39.5. The number of alkyl halides is 3. The number of benzene rings is 1. The smallest absolute Gasteiger partial charge is 0.403 e. The highest BCUT2D eigenvalue weighted by Crippen LogP contribution is 2.32. The van der Waals surface area contributed by atoms with Crippen LogP contribution in [-0.2, 0) is 12.7 Å². The van der Waals surface area contributed by atoms with Crippen molar-refractivity contribution in [2.75, 3.05) is 24.6 Å². The molecule has 0 saturated carbocycles. The second-order valence-corrected chi connectivity index (χ2v) is 7.76. The van der Waals surface area contributed by atoms with Crippen LogP contribution in [0.5, 0.6) is 0 Å². The largest absolute Gasteiger partial charge is 0.416 e. The number of hydrogen-bond acceptors (Lipinski definition) is 6. The fourth-order valence-corrected chi connectivity index (χ4v) is 3.83. The van der Waals surface area contributed by atoms with Crippen LogP contribution in [0, 0.1) is 12.8 Å². The fraction of sp³-hybridized carbons (Fsp3) is 0.409. The number of rotatable bonds is 5. The maximum absolute atomic E-state index is 13.2. The fourth-order valence-electron chi connectivity index (χ4n) is 3.83. The molecule has 31 heavy (non-hydrogen) atoms. The van der Waals surface area contributed by atoms with Gasteiger partial charge in [0.15, 0.2) is 0 Å². The van der Waals surface area contributed by atoms with Crippen LogP contribution in [0.3, 0.4) is 0 Å². The summed E-state index contributed by atoms with van der Waals surface area (Å²) in [4.78, 5) is 6.56. The lowest BCUT2D eigenvalue weighted by Crippen LogP contribution is -2.41. The van der Waals surface area contributed by atoms with Crippen molar-refractivity contribution in [2.24, 2.45) is 17.4 Å². The highest BCUT2D eigenvalue weighted by molar-refractivity contribution is 5.50. The zero-order chi connectivity index (χ0) is 22.6. The first-order valence-corrected chi connectivity index (χ1v) is 10.2. The molecule has 1 aliphatic rings. The van der Waals surface area contributed by atoms with Crippen molar-refractivity contribution < 1.29 is 18.3 Å². The molecule has 2 aromatic rings. The summed E-state index contributed by atoms with van der Waals surface area (Å²) in [6, 6.07) is 5.98. The SMILES string of the molecule is Cc1c(CN/C(N)=c2\cc(N3CCC(CO)CC3)cn\c2=C\N)cccc1C(F)(F)F. The normalized spacial score (nSPS) is 17.1. The standard InChI is InChI=1S/C22H28F3N5O/c1-14-16(3-2-4-19(14)22(23,24)25)11-29-21(27)18-9-17(12-28-20(18)10-26)30-7-5-15(13-31)6-8-30/h2-4,9-10,12,15,29,31H,5-8,11,13,26-27H2,1H3/b20-10+,21-18+. The lowest BCUT2D eigenvalue weighted by molar-refractivity contribution is -0.138. The Kier molecular flexibility index (Phi) is 6.94. The Balaban J connectivity index is 1.86. The first-order valence-electron chi connectivity index (χ1n) is 10.2. The Morgan fingerprint density at radius 1 is 1.32 bits per heavy atom. The lowest BCUT2D eigenvalue weighted by Gasteiger charge is -2.32. The van der Waals surface area contributed by atoms with E-state index >= 15 is 0 Å². The summed E-state index contributed by atoms with van der Waals surface area (Å²) in [5.41, 5.74) is 12.9. The number of nitrogens with one attached hydrogen (secondary N) is 1. The third-order valence-corrected chi connectivity index (χ3v) is 5.81. The number of piperidine rings is 1. The second kappa shape index (κ2) is 9.47. The molecular weight excluding hydrogens is 407 g/mol. The third-order valence-electron chi connectivity index (χ3n) is 5.81. The van der Waals surface area contributed by atoms with Crippen molar-refractivity contribution in [3.63, 3.8) is 0 Å². The van der Waals surface area contributed by atoms with E-state index in [1.807, 2.05) is 6.07 Å². The molecule has 1 aromatic carbocycles. The Bertz CT molecular complexity index is 1030.